The molecule has 28 heavy (non-hydrogen) atoms. The molecule has 0 spiro atoms. The highest BCUT2D eigenvalue weighted by Crippen LogP contribution is 2.21. The summed E-state index contributed by atoms with van der Waals surface area (Å²) in [6.07, 6.45) is 0. The molecule has 0 N–H and O–H groups in total. The second-order valence-electron chi connectivity index (χ2n) is 6.41. The van der Waals surface area contributed by atoms with Crippen molar-refractivity contribution in [2.24, 2.45) is 0 Å². The number of fused-ring (bicyclic) bond motifs is 1. The van der Waals surface area contributed by atoms with E-state index in [1.807, 2.05) is 41.3 Å². The van der Waals surface area contributed by atoms with Gasteiger partial charge in [0, 0.05) is 18.7 Å². The summed E-state index contributed by atoms with van der Waals surface area (Å²) >= 11 is 0. The van der Waals surface area contributed by atoms with E-state index in [9.17, 15) is 9.59 Å². The van der Waals surface area contributed by atoms with Crippen LogP contribution in [0.4, 0.5) is 5.95 Å². The van der Waals surface area contributed by atoms with Crippen LogP contribution in [0.1, 0.15) is 0 Å². The summed E-state index contributed by atoms with van der Waals surface area (Å²) in [4.78, 5) is 36.3. The second kappa shape index (κ2) is 7.77. The molecule has 0 unspecified atom stereocenters. The third-order valence-electron chi connectivity index (χ3n) is 4.66. The molecule has 1 aliphatic heterocycles. The van der Waals surface area contributed by atoms with Gasteiger partial charge in [0.1, 0.15) is 6.54 Å². The van der Waals surface area contributed by atoms with Crippen molar-refractivity contribution in [2.45, 2.75) is 6.54 Å². The fourth-order valence-electron chi connectivity index (χ4n) is 3.20. The van der Waals surface area contributed by atoms with E-state index in [1.165, 1.54) is 11.7 Å². The number of methoxy groups -OCH3 is 1. The summed E-state index contributed by atoms with van der Waals surface area (Å²) in [6, 6.07) is 13.2. The molecule has 4 rings (SSSR count). The summed E-state index contributed by atoms with van der Waals surface area (Å²) < 4.78 is 11.5. The van der Waals surface area contributed by atoms with Gasteiger partial charge in [0.05, 0.1) is 31.5 Å². The second-order valence-corrected chi connectivity index (χ2v) is 6.41. The molecule has 0 aliphatic carbocycles. The van der Waals surface area contributed by atoms with Gasteiger partial charge in [-0.25, -0.2) is 9.97 Å². The minimum atomic E-state index is -0.517. The van der Waals surface area contributed by atoms with Crippen molar-refractivity contribution in [1.82, 2.24) is 14.5 Å². The van der Waals surface area contributed by atoms with Crippen molar-refractivity contribution in [3.8, 4) is 11.3 Å². The standard InChI is InChI=1S/C20H20N4O4/c1-27-17(25)13-24-19(26)18-16(22-20(24)23-9-11-28-12-10-23)8-7-15(21-18)14-5-3-2-4-6-14/h2-8H,9-13H2,1H3. The van der Waals surface area contributed by atoms with Crippen LogP contribution in [0.15, 0.2) is 47.3 Å². The first-order chi connectivity index (χ1) is 13.7. The van der Waals surface area contributed by atoms with Gasteiger partial charge in [0.25, 0.3) is 5.56 Å². The zero-order valence-electron chi connectivity index (χ0n) is 15.5. The maximum atomic E-state index is 13.2. The van der Waals surface area contributed by atoms with Crippen LogP contribution in [0.3, 0.4) is 0 Å². The van der Waals surface area contributed by atoms with Crippen molar-refractivity contribution in [2.75, 3.05) is 38.3 Å². The summed E-state index contributed by atoms with van der Waals surface area (Å²) in [5.74, 6) is -0.0857. The Kier molecular flexibility index (Phi) is 5.03. The molecule has 1 aliphatic rings. The molecule has 144 valence electrons. The third kappa shape index (κ3) is 3.46. The van der Waals surface area contributed by atoms with Gasteiger partial charge in [-0.3, -0.25) is 14.2 Å². The lowest BCUT2D eigenvalue weighted by atomic mass is 10.1. The number of pyridine rings is 1. The number of morpholine rings is 1. The van der Waals surface area contributed by atoms with Crippen molar-refractivity contribution in [3.05, 3.63) is 52.8 Å². The molecule has 8 nitrogen and oxygen atoms in total. The number of carbonyl (C=O) groups excluding carboxylic acids is 1. The molecular formula is C20H20N4O4. The van der Waals surface area contributed by atoms with E-state index in [0.717, 1.165) is 5.56 Å². The van der Waals surface area contributed by atoms with Crippen LogP contribution in [0, 0.1) is 0 Å². The largest absolute Gasteiger partial charge is 0.468 e. The molecule has 1 saturated heterocycles. The summed E-state index contributed by atoms with van der Waals surface area (Å²) in [7, 11) is 1.29. The molecule has 2 aromatic heterocycles. The first-order valence-corrected chi connectivity index (χ1v) is 9.04. The number of ether oxygens (including phenoxy) is 2. The lowest BCUT2D eigenvalue weighted by Crippen LogP contribution is -2.41. The molecule has 1 fully saturated rings. The van der Waals surface area contributed by atoms with Gasteiger partial charge in [0.15, 0.2) is 5.52 Å². The quantitative estimate of drug-likeness (QED) is 0.634. The number of esters is 1. The highest BCUT2D eigenvalue weighted by Gasteiger charge is 2.22. The van der Waals surface area contributed by atoms with Crippen molar-refractivity contribution < 1.29 is 14.3 Å². The highest BCUT2D eigenvalue weighted by molar-refractivity contribution is 5.79. The Labute approximate surface area is 161 Å². The number of hydrogen-bond donors (Lipinski definition) is 0. The van der Waals surface area contributed by atoms with Crippen LogP contribution in [-0.2, 0) is 20.8 Å². The first-order valence-electron chi connectivity index (χ1n) is 9.04. The predicted octanol–water partition coefficient (Wildman–Crippen LogP) is 1.47. The normalized spacial score (nSPS) is 14.2. The molecule has 8 heteroatoms. The minimum absolute atomic E-state index is 0.220. The molecule has 0 amide bonds. The van der Waals surface area contributed by atoms with Crippen LogP contribution in [-0.4, -0.2) is 53.9 Å². The average Bonchev–Trinajstić information content (AvgIpc) is 2.76. The molecule has 0 bridgehead atoms. The van der Waals surface area contributed by atoms with Gasteiger partial charge in [0.2, 0.25) is 5.95 Å². The number of benzene rings is 1. The molecule has 0 saturated carbocycles. The van der Waals surface area contributed by atoms with E-state index >= 15 is 0 Å². The van der Waals surface area contributed by atoms with Crippen molar-refractivity contribution in [1.29, 1.82) is 0 Å². The van der Waals surface area contributed by atoms with E-state index in [4.69, 9.17) is 9.47 Å². The zero-order chi connectivity index (χ0) is 19.5. The van der Waals surface area contributed by atoms with E-state index in [1.54, 1.807) is 6.07 Å². The topological polar surface area (TPSA) is 86.6 Å². The predicted molar refractivity (Wildman–Crippen MR) is 104 cm³/mol. The van der Waals surface area contributed by atoms with Gasteiger partial charge in [-0.1, -0.05) is 30.3 Å². The zero-order valence-corrected chi connectivity index (χ0v) is 15.5. The Morgan fingerprint density at radius 3 is 2.57 bits per heavy atom. The summed E-state index contributed by atoms with van der Waals surface area (Å²) in [5.41, 5.74) is 1.93. The molecular weight excluding hydrogens is 360 g/mol. The van der Waals surface area contributed by atoms with Crippen molar-refractivity contribution in [3.63, 3.8) is 0 Å². The number of nitrogens with zero attached hydrogens (tertiary/aromatic N) is 4. The maximum Gasteiger partial charge on any atom is 0.325 e. The van der Waals surface area contributed by atoms with Crippen LogP contribution < -0.4 is 10.5 Å². The van der Waals surface area contributed by atoms with Crippen LogP contribution in [0.25, 0.3) is 22.3 Å². The van der Waals surface area contributed by atoms with E-state index in [0.29, 0.717) is 43.5 Å². The number of carbonyl (C=O) groups is 1. The van der Waals surface area contributed by atoms with Crippen LogP contribution in [0.5, 0.6) is 0 Å². The van der Waals surface area contributed by atoms with Gasteiger partial charge in [-0.2, -0.15) is 0 Å². The monoisotopic (exact) mass is 380 g/mol. The van der Waals surface area contributed by atoms with Crippen LogP contribution in [0.2, 0.25) is 0 Å². The number of anilines is 1. The Morgan fingerprint density at radius 2 is 1.86 bits per heavy atom. The summed E-state index contributed by atoms with van der Waals surface area (Å²) in [6.45, 7) is 2.04. The Hall–Kier alpha value is -3.26. The fraction of sp³-hybridized carbons (Fsp3) is 0.300. The lowest BCUT2D eigenvalue weighted by Gasteiger charge is -2.29. The average molecular weight is 380 g/mol. The van der Waals surface area contributed by atoms with Gasteiger partial charge >= 0.3 is 5.97 Å². The Balaban J connectivity index is 1.88. The molecule has 3 aromatic rings. The maximum absolute atomic E-state index is 13.2. The third-order valence-corrected chi connectivity index (χ3v) is 4.66. The van der Waals surface area contributed by atoms with Crippen LogP contribution >= 0.6 is 0 Å². The lowest BCUT2D eigenvalue weighted by molar-refractivity contribution is -0.141. The number of rotatable bonds is 4. The van der Waals surface area contributed by atoms with E-state index in [-0.39, 0.29) is 17.6 Å². The molecule has 1 aromatic carbocycles. The van der Waals surface area contributed by atoms with Crippen molar-refractivity contribution >= 4 is 23.0 Å². The van der Waals surface area contributed by atoms with Gasteiger partial charge in [-0.05, 0) is 12.1 Å². The Morgan fingerprint density at radius 1 is 1.11 bits per heavy atom. The smallest absolute Gasteiger partial charge is 0.325 e. The fourth-order valence-corrected chi connectivity index (χ4v) is 3.20. The first kappa shape index (κ1) is 18.1. The molecule has 0 atom stereocenters. The van der Waals surface area contributed by atoms with Gasteiger partial charge in [-0.15, -0.1) is 0 Å². The number of aromatic nitrogens is 3. The molecule has 3 heterocycles. The Bertz CT molecular complexity index is 1060. The number of hydrogen-bond acceptors (Lipinski definition) is 7. The minimum Gasteiger partial charge on any atom is -0.468 e. The SMILES string of the molecule is COC(=O)Cn1c(N2CCOCC2)nc2ccc(-c3ccccc3)nc2c1=O. The van der Waals surface area contributed by atoms with E-state index < -0.39 is 5.97 Å². The van der Waals surface area contributed by atoms with E-state index in [2.05, 4.69) is 9.97 Å². The molecule has 0 radical (unpaired) electrons. The van der Waals surface area contributed by atoms with Gasteiger partial charge < -0.3 is 14.4 Å². The summed E-state index contributed by atoms with van der Waals surface area (Å²) in [5, 5.41) is 0. The highest BCUT2D eigenvalue weighted by atomic mass is 16.5.